The van der Waals surface area contributed by atoms with Gasteiger partial charge in [0.25, 0.3) is 5.91 Å². The predicted molar refractivity (Wildman–Crippen MR) is 95.5 cm³/mol. The van der Waals surface area contributed by atoms with Crippen LogP contribution in [0, 0.1) is 0 Å². The number of rotatable bonds is 2. The predicted octanol–water partition coefficient (Wildman–Crippen LogP) is 1.89. The Balaban J connectivity index is 1.65. The van der Waals surface area contributed by atoms with Crippen molar-refractivity contribution < 1.29 is 9.69 Å². The largest absolute Gasteiger partial charge is 0.353 e. The molecule has 0 aliphatic carbocycles. The van der Waals surface area contributed by atoms with E-state index >= 15 is 0 Å². The molecule has 120 valence electrons. The number of thiophene rings is 1. The maximum atomic E-state index is 12.7. The fraction of sp³-hybridized carbons (Fsp3) is 0.353. The molecule has 0 spiro atoms. The maximum Gasteiger partial charge on any atom is 0.256 e. The second-order valence-corrected chi connectivity index (χ2v) is 8.15. The van der Waals surface area contributed by atoms with Crippen LogP contribution in [0.1, 0.15) is 32.5 Å². The van der Waals surface area contributed by atoms with E-state index in [2.05, 4.69) is 48.2 Å². The van der Waals surface area contributed by atoms with Crippen LogP contribution in [0.25, 0.3) is 0 Å². The lowest BCUT2D eigenvalue weighted by atomic mass is 10.0. The molecule has 2 atom stereocenters. The lowest BCUT2D eigenvalue weighted by Crippen LogP contribution is -3.08. The van der Waals surface area contributed by atoms with Crippen molar-refractivity contribution in [3.8, 4) is 0 Å². The Labute approximate surface area is 144 Å². The standard InChI is InChI=1S/C17H19N3OS2/c1-20-8-7-12-13(9-20)23-17-14(12)16(21)18-15(19-17)10-3-5-11(22-2)6-4-10/h3-6,15,19H,7-9H2,1-2H3,(H,18,21)/p+1/t15-/m1/s1. The van der Waals surface area contributed by atoms with Crippen LogP contribution in [-0.4, -0.2) is 25.8 Å². The summed E-state index contributed by atoms with van der Waals surface area (Å²) in [5.74, 6) is 0.0646. The molecule has 4 nitrogen and oxygen atoms in total. The summed E-state index contributed by atoms with van der Waals surface area (Å²) >= 11 is 3.48. The van der Waals surface area contributed by atoms with Gasteiger partial charge in [-0.15, -0.1) is 23.1 Å². The Morgan fingerprint density at radius 3 is 2.78 bits per heavy atom. The molecule has 3 heterocycles. The SMILES string of the molecule is CSc1ccc([C@@H]2NC(=O)c3c(sc4c3CC[NH+](C)C4)N2)cc1. The fourth-order valence-corrected chi connectivity index (χ4v) is 5.09. The first-order chi connectivity index (χ1) is 11.2. The third kappa shape index (κ3) is 2.65. The molecule has 2 aliphatic heterocycles. The van der Waals surface area contributed by atoms with Gasteiger partial charge < -0.3 is 15.5 Å². The van der Waals surface area contributed by atoms with Crippen molar-refractivity contribution in [3.05, 3.63) is 45.8 Å². The molecule has 1 aromatic carbocycles. The van der Waals surface area contributed by atoms with Crippen LogP contribution in [0.3, 0.4) is 0 Å². The molecular formula is C17H20N3OS2+. The van der Waals surface area contributed by atoms with Crippen LogP contribution < -0.4 is 15.5 Å². The zero-order valence-electron chi connectivity index (χ0n) is 13.2. The van der Waals surface area contributed by atoms with Crippen molar-refractivity contribution in [2.75, 3.05) is 25.2 Å². The van der Waals surface area contributed by atoms with Crippen molar-refractivity contribution in [1.82, 2.24) is 5.32 Å². The van der Waals surface area contributed by atoms with Gasteiger partial charge in [0.1, 0.15) is 17.7 Å². The Morgan fingerprint density at radius 1 is 1.26 bits per heavy atom. The molecular weight excluding hydrogens is 326 g/mol. The number of amides is 1. The molecule has 2 aliphatic rings. The van der Waals surface area contributed by atoms with E-state index in [-0.39, 0.29) is 12.1 Å². The number of carbonyl (C=O) groups is 1. The molecule has 3 N–H and O–H groups in total. The zero-order valence-corrected chi connectivity index (χ0v) is 14.9. The first kappa shape index (κ1) is 15.1. The molecule has 1 aromatic heterocycles. The van der Waals surface area contributed by atoms with Gasteiger partial charge in [0, 0.05) is 11.3 Å². The number of carbonyl (C=O) groups excluding carboxylic acids is 1. The highest BCUT2D eigenvalue weighted by Crippen LogP contribution is 2.39. The van der Waals surface area contributed by atoms with Gasteiger partial charge >= 0.3 is 0 Å². The Kier molecular flexibility index (Phi) is 3.83. The summed E-state index contributed by atoms with van der Waals surface area (Å²) in [4.78, 5) is 16.8. The van der Waals surface area contributed by atoms with Gasteiger partial charge in [-0.1, -0.05) is 12.1 Å². The highest BCUT2D eigenvalue weighted by atomic mass is 32.2. The topological polar surface area (TPSA) is 45.6 Å². The van der Waals surface area contributed by atoms with Gasteiger partial charge in [-0.2, -0.15) is 0 Å². The molecule has 0 fully saturated rings. The van der Waals surface area contributed by atoms with E-state index < -0.39 is 0 Å². The second-order valence-electron chi connectivity index (χ2n) is 6.17. The number of anilines is 1. The number of quaternary nitrogens is 1. The van der Waals surface area contributed by atoms with E-state index in [9.17, 15) is 4.79 Å². The zero-order chi connectivity index (χ0) is 16.0. The van der Waals surface area contributed by atoms with Crippen LogP contribution in [0.4, 0.5) is 5.00 Å². The first-order valence-corrected chi connectivity index (χ1v) is 9.87. The van der Waals surface area contributed by atoms with E-state index in [1.54, 1.807) is 23.1 Å². The molecule has 0 saturated carbocycles. The van der Waals surface area contributed by atoms with E-state index in [0.717, 1.165) is 35.6 Å². The molecule has 2 aromatic rings. The van der Waals surface area contributed by atoms with E-state index in [4.69, 9.17) is 0 Å². The molecule has 23 heavy (non-hydrogen) atoms. The van der Waals surface area contributed by atoms with Gasteiger partial charge in [0.15, 0.2) is 0 Å². The van der Waals surface area contributed by atoms with E-state index in [1.807, 2.05) is 0 Å². The molecule has 1 amide bonds. The van der Waals surface area contributed by atoms with Gasteiger partial charge in [0.2, 0.25) is 0 Å². The number of likely N-dealkylation sites (N-methyl/N-ethyl adjacent to an activating group) is 1. The van der Waals surface area contributed by atoms with Gasteiger partial charge in [-0.05, 0) is 29.5 Å². The minimum absolute atomic E-state index is 0.0646. The smallest absolute Gasteiger partial charge is 0.256 e. The lowest BCUT2D eigenvalue weighted by molar-refractivity contribution is -0.895. The summed E-state index contributed by atoms with van der Waals surface area (Å²) in [7, 11) is 2.21. The van der Waals surface area contributed by atoms with Crippen molar-refractivity contribution in [2.45, 2.75) is 24.0 Å². The summed E-state index contributed by atoms with van der Waals surface area (Å²) in [5.41, 5.74) is 3.24. The first-order valence-electron chi connectivity index (χ1n) is 7.83. The van der Waals surface area contributed by atoms with Crippen molar-refractivity contribution in [1.29, 1.82) is 0 Å². The number of hydrogen-bond acceptors (Lipinski definition) is 4. The van der Waals surface area contributed by atoms with Crippen molar-refractivity contribution >= 4 is 34.0 Å². The van der Waals surface area contributed by atoms with Crippen LogP contribution in [0.5, 0.6) is 0 Å². The normalized spacial score (nSPS) is 22.8. The molecule has 4 rings (SSSR count). The highest BCUT2D eigenvalue weighted by molar-refractivity contribution is 7.98. The lowest BCUT2D eigenvalue weighted by Gasteiger charge is -2.27. The minimum Gasteiger partial charge on any atom is -0.353 e. The Hall–Kier alpha value is -1.50. The summed E-state index contributed by atoms with van der Waals surface area (Å²) < 4.78 is 0. The third-order valence-corrected chi connectivity index (χ3v) is 6.49. The van der Waals surface area contributed by atoms with Crippen molar-refractivity contribution in [2.24, 2.45) is 0 Å². The summed E-state index contributed by atoms with van der Waals surface area (Å²) in [6.45, 7) is 2.12. The quantitative estimate of drug-likeness (QED) is 0.728. The maximum absolute atomic E-state index is 12.7. The van der Waals surface area contributed by atoms with Crippen LogP contribution in [-0.2, 0) is 13.0 Å². The number of fused-ring (bicyclic) bond motifs is 3. The number of nitrogens with one attached hydrogen (secondary N) is 3. The van der Waals surface area contributed by atoms with E-state index in [0.29, 0.717) is 0 Å². The molecule has 6 heteroatoms. The van der Waals surface area contributed by atoms with Crippen LogP contribution in [0.2, 0.25) is 0 Å². The fourth-order valence-electron chi connectivity index (χ4n) is 3.30. The number of benzene rings is 1. The second kappa shape index (κ2) is 5.85. The van der Waals surface area contributed by atoms with Crippen molar-refractivity contribution in [3.63, 3.8) is 0 Å². The van der Waals surface area contributed by atoms with Crippen LogP contribution in [0.15, 0.2) is 29.2 Å². The third-order valence-electron chi connectivity index (χ3n) is 4.58. The average Bonchev–Trinajstić information content (AvgIpc) is 2.92. The molecule has 1 unspecified atom stereocenters. The summed E-state index contributed by atoms with van der Waals surface area (Å²) in [5, 5.41) is 7.68. The Bertz CT molecular complexity index is 754. The van der Waals surface area contributed by atoms with Gasteiger partial charge in [-0.25, -0.2) is 0 Å². The molecule has 0 saturated heterocycles. The van der Waals surface area contributed by atoms with E-state index in [1.165, 1.54) is 20.2 Å². The molecule has 0 radical (unpaired) electrons. The molecule has 0 bridgehead atoms. The number of hydrogen-bond donors (Lipinski definition) is 3. The highest BCUT2D eigenvalue weighted by Gasteiger charge is 2.33. The monoisotopic (exact) mass is 346 g/mol. The number of thioether (sulfide) groups is 1. The Morgan fingerprint density at radius 2 is 2.04 bits per heavy atom. The van der Waals surface area contributed by atoms with Gasteiger partial charge in [-0.3, -0.25) is 4.79 Å². The summed E-state index contributed by atoms with van der Waals surface area (Å²) in [6.07, 6.45) is 2.92. The minimum atomic E-state index is -0.143. The average molecular weight is 347 g/mol. The van der Waals surface area contributed by atoms with Gasteiger partial charge in [0.05, 0.1) is 24.0 Å². The summed E-state index contributed by atoms with van der Waals surface area (Å²) in [6, 6.07) is 8.36. The van der Waals surface area contributed by atoms with Crippen LogP contribution >= 0.6 is 23.1 Å².